The first-order chi connectivity index (χ1) is 5.08. The molecule has 1 rings (SSSR count). The van der Waals surface area contributed by atoms with E-state index in [0.717, 1.165) is 4.90 Å². The maximum Gasteiger partial charge on any atom is 0.126 e. The van der Waals surface area contributed by atoms with Gasteiger partial charge in [0.2, 0.25) is 0 Å². The van der Waals surface area contributed by atoms with Crippen molar-refractivity contribution in [2.24, 2.45) is 11.0 Å². The molecule has 0 aromatic carbocycles. The second-order valence-corrected chi connectivity index (χ2v) is 8.74. The van der Waals surface area contributed by atoms with Crippen molar-refractivity contribution in [3.8, 4) is 0 Å². The molecular formula is C5H8N3PS2. The number of rotatable bonds is 2. The van der Waals surface area contributed by atoms with Gasteiger partial charge in [-0.05, 0) is 12.1 Å². The highest BCUT2D eigenvalue weighted by Crippen LogP contribution is 2.47. The molecule has 1 aromatic heterocycles. The van der Waals surface area contributed by atoms with E-state index in [1.165, 1.54) is 11.4 Å². The third kappa shape index (κ3) is 3.84. The number of hydrogen-bond donors (Lipinski definition) is 2. The molecule has 0 amide bonds. The highest BCUT2D eigenvalue weighted by Gasteiger charge is 2.04. The summed E-state index contributed by atoms with van der Waals surface area (Å²) in [4.78, 5) is 4.84. The number of pyridine rings is 1. The quantitative estimate of drug-likeness (QED) is 0.713. The lowest BCUT2D eigenvalue weighted by Gasteiger charge is -2.07. The van der Waals surface area contributed by atoms with Gasteiger partial charge < -0.3 is 0 Å². The van der Waals surface area contributed by atoms with Crippen LogP contribution in [-0.2, 0) is 11.8 Å². The first kappa shape index (κ1) is 9.16. The molecule has 1 heterocycles. The van der Waals surface area contributed by atoms with E-state index < -0.39 is 5.54 Å². The number of nitrogens with two attached hydrogens (primary N) is 2. The van der Waals surface area contributed by atoms with Crippen LogP contribution in [0.4, 0.5) is 0 Å². The fourth-order valence-electron chi connectivity index (χ4n) is 0.566. The van der Waals surface area contributed by atoms with Gasteiger partial charge in [-0.3, -0.25) is 16.0 Å². The smallest absolute Gasteiger partial charge is 0.126 e. The van der Waals surface area contributed by atoms with Crippen molar-refractivity contribution in [3.63, 3.8) is 0 Å². The van der Waals surface area contributed by atoms with Crippen LogP contribution in [0.1, 0.15) is 0 Å². The summed E-state index contributed by atoms with van der Waals surface area (Å²) in [5.74, 6) is 0. The Morgan fingerprint density at radius 2 is 2.27 bits per heavy atom. The molecule has 0 aliphatic rings. The minimum atomic E-state index is -2.18. The molecule has 0 bridgehead atoms. The normalized spacial score (nSPS) is 11.5. The third-order valence-corrected chi connectivity index (χ3v) is 3.78. The second-order valence-electron chi connectivity index (χ2n) is 1.93. The predicted molar refractivity (Wildman–Crippen MR) is 52.8 cm³/mol. The monoisotopic (exact) mass is 205 g/mol. The van der Waals surface area contributed by atoms with E-state index in [2.05, 4.69) is 4.98 Å². The van der Waals surface area contributed by atoms with Crippen molar-refractivity contribution in [2.75, 3.05) is 0 Å². The van der Waals surface area contributed by atoms with Crippen molar-refractivity contribution in [2.45, 2.75) is 4.90 Å². The Bertz CT molecular complexity index is 270. The van der Waals surface area contributed by atoms with E-state index in [1.54, 1.807) is 12.4 Å². The molecule has 0 saturated carbocycles. The number of nitrogens with zero attached hydrogens (tertiary/aromatic N) is 1. The van der Waals surface area contributed by atoms with Crippen molar-refractivity contribution in [1.82, 2.24) is 4.98 Å². The summed E-state index contributed by atoms with van der Waals surface area (Å²) in [6.45, 7) is 0. The summed E-state index contributed by atoms with van der Waals surface area (Å²) < 4.78 is 0. The fraction of sp³-hybridized carbons (Fsp3) is 0. The molecule has 0 spiro atoms. The standard InChI is InChI=1S/C5H8N3PS2/c6-9(7,10)11-5-2-1-3-8-4-5/h1-4H,(H4,6,7,10). The van der Waals surface area contributed by atoms with Gasteiger partial charge >= 0.3 is 0 Å². The molecule has 60 valence electrons. The zero-order valence-corrected chi connectivity index (χ0v) is 8.20. The Morgan fingerprint density at radius 3 is 2.73 bits per heavy atom. The SMILES string of the molecule is NP(N)(=S)Sc1cccnc1. The van der Waals surface area contributed by atoms with E-state index >= 15 is 0 Å². The Balaban J connectivity index is 2.74. The van der Waals surface area contributed by atoms with E-state index in [4.69, 9.17) is 22.8 Å². The van der Waals surface area contributed by atoms with Crippen LogP contribution in [0, 0.1) is 0 Å². The van der Waals surface area contributed by atoms with Gasteiger partial charge in [0.25, 0.3) is 0 Å². The van der Waals surface area contributed by atoms with E-state index in [-0.39, 0.29) is 0 Å². The lowest BCUT2D eigenvalue weighted by Crippen LogP contribution is -1.98. The van der Waals surface area contributed by atoms with Gasteiger partial charge in [0.05, 0.1) is 0 Å². The lowest BCUT2D eigenvalue weighted by molar-refractivity contribution is 1.24. The second kappa shape index (κ2) is 3.65. The van der Waals surface area contributed by atoms with Gasteiger partial charge in [-0.1, -0.05) is 23.2 Å². The zero-order chi connectivity index (χ0) is 8.32. The minimum Gasteiger partial charge on any atom is -0.283 e. The van der Waals surface area contributed by atoms with E-state index in [0.29, 0.717) is 0 Å². The molecule has 0 unspecified atom stereocenters. The van der Waals surface area contributed by atoms with Gasteiger partial charge in [-0.15, -0.1) is 0 Å². The highest BCUT2D eigenvalue weighted by atomic mass is 32.9. The van der Waals surface area contributed by atoms with E-state index in [1.807, 2.05) is 12.1 Å². The van der Waals surface area contributed by atoms with Crippen molar-refractivity contribution in [1.29, 1.82) is 0 Å². The van der Waals surface area contributed by atoms with Crippen molar-refractivity contribution in [3.05, 3.63) is 24.5 Å². The Labute approximate surface area is 74.4 Å². The van der Waals surface area contributed by atoms with Crippen LogP contribution < -0.4 is 11.0 Å². The Morgan fingerprint density at radius 1 is 1.55 bits per heavy atom. The Hall–Kier alpha value is 0.0700. The van der Waals surface area contributed by atoms with Crippen LogP contribution in [-0.4, -0.2) is 4.98 Å². The summed E-state index contributed by atoms with van der Waals surface area (Å²) in [5.41, 5.74) is 8.84. The molecule has 0 saturated heterocycles. The molecule has 11 heavy (non-hydrogen) atoms. The third-order valence-electron chi connectivity index (χ3n) is 0.882. The van der Waals surface area contributed by atoms with Gasteiger partial charge in [-0.2, -0.15) is 0 Å². The largest absolute Gasteiger partial charge is 0.283 e. The van der Waals surface area contributed by atoms with Crippen LogP contribution in [0.15, 0.2) is 29.4 Å². The molecule has 4 N–H and O–H groups in total. The summed E-state index contributed by atoms with van der Waals surface area (Å²) >= 11 is 6.19. The molecule has 0 aliphatic heterocycles. The molecule has 0 fully saturated rings. The summed E-state index contributed by atoms with van der Waals surface area (Å²) in [6.07, 6.45) is 3.39. The topological polar surface area (TPSA) is 64.9 Å². The molecular weight excluding hydrogens is 197 g/mol. The van der Waals surface area contributed by atoms with Gasteiger partial charge in [0, 0.05) is 17.3 Å². The van der Waals surface area contributed by atoms with Crippen LogP contribution in [0.2, 0.25) is 0 Å². The summed E-state index contributed by atoms with van der Waals surface area (Å²) in [5, 5.41) is 0. The van der Waals surface area contributed by atoms with E-state index in [9.17, 15) is 0 Å². The molecule has 1 aromatic rings. The fourth-order valence-corrected chi connectivity index (χ4v) is 3.23. The molecule has 0 aliphatic carbocycles. The molecule has 0 atom stereocenters. The first-order valence-corrected chi connectivity index (χ1v) is 7.21. The van der Waals surface area contributed by atoms with Crippen LogP contribution in [0.5, 0.6) is 0 Å². The molecule has 0 radical (unpaired) electrons. The molecule has 6 heteroatoms. The first-order valence-electron chi connectivity index (χ1n) is 2.85. The van der Waals surface area contributed by atoms with Crippen molar-refractivity contribution < 1.29 is 0 Å². The summed E-state index contributed by atoms with van der Waals surface area (Å²) in [7, 11) is 0. The maximum atomic E-state index is 5.51. The lowest BCUT2D eigenvalue weighted by atomic mass is 10.5. The van der Waals surface area contributed by atoms with Gasteiger partial charge in [0.1, 0.15) is 5.54 Å². The van der Waals surface area contributed by atoms with Crippen LogP contribution in [0.25, 0.3) is 0 Å². The minimum absolute atomic E-state index is 0.931. The zero-order valence-electron chi connectivity index (χ0n) is 5.68. The Kier molecular flexibility index (Phi) is 3.04. The maximum absolute atomic E-state index is 5.51. The molecule has 3 nitrogen and oxygen atoms in total. The number of aromatic nitrogens is 1. The van der Waals surface area contributed by atoms with Gasteiger partial charge in [0.15, 0.2) is 0 Å². The predicted octanol–water partition coefficient (Wildman–Crippen LogP) is 1.32. The highest BCUT2D eigenvalue weighted by molar-refractivity contribution is 8.69. The van der Waals surface area contributed by atoms with Crippen LogP contribution in [0.3, 0.4) is 0 Å². The average Bonchev–Trinajstić information content (AvgIpc) is 1.85. The van der Waals surface area contributed by atoms with Gasteiger partial charge in [-0.25, -0.2) is 0 Å². The van der Waals surface area contributed by atoms with Crippen LogP contribution >= 0.6 is 16.9 Å². The summed E-state index contributed by atoms with van der Waals surface area (Å²) in [6, 6.07) is 3.71. The number of hydrogen-bond acceptors (Lipinski definition) is 3. The van der Waals surface area contributed by atoms with Crippen molar-refractivity contribution >= 4 is 28.7 Å². The average molecular weight is 205 g/mol.